The fourth-order valence-corrected chi connectivity index (χ4v) is 6.51. The second-order valence-electron chi connectivity index (χ2n) is 8.23. The number of carbonyl (C=O) groups excluding carboxylic acids is 1. The van der Waals surface area contributed by atoms with E-state index in [2.05, 4.69) is 14.9 Å². The number of aromatic nitrogens is 2. The van der Waals surface area contributed by atoms with E-state index in [9.17, 15) is 4.79 Å². The predicted octanol–water partition coefficient (Wildman–Crippen LogP) is 4.10. The van der Waals surface area contributed by atoms with Crippen LogP contribution in [0.2, 0.25) is 0 Å². The lowest BCUT2D eigenvalue weighted by molar-refractivity contribution is -0.108. The first-order valence-corrected chi connectivity index (χ1v) is 11.3. The van der Waals surface area contributed by atoms with Crippen LogP contribution in [0.4, 0.5) is 0 Å². The quantitative estimate of drug-likeness (QED) is 0.726. The van der Waals surface area contributed by atoms with Crippen molar-refractivity contribution in [2.24, 2.45) is 0 Å². The standard InChI is InChI=1S/C21H27N3O2S/c25-12-9-14-3-8-17-18(14)19-20(22-13-23-21(19)27-17)26-16-6-4-15(5-7-16)24-10-1-2-11-24/h12-16H,1-11H2. The van der Waals surface area contributed by atoms with Crippen molar-refractivity contribution in [2.75, 3.05) is 13.1 Å². The Morgan fingerprint density at radius 3 is 2.74 bits per heavy atom. The van der Waals surface area contributed by atoms with Gasteiger partial charge in [0.05, 0.1) is 5.39 Å². The number of fused-ring (bicyclic) bond motifs is 3. The molecule has 0 N–H and O–H groups in total. The number of aldehydes is 1. The van der Waals surface area contributed by atoms with E-state index in [0.29, 0.717) is 12.3 Å². The average Bonchev–Trinajstić information content (AvgIpc) is 3.40. The van der Waals surface area contributed by atoms with Crippen LogP contribution in [0.25, 0.3) is 10.2 Å². The fraction of sp³-hybridized carbons (Fsp3) is 0.667. The molecule has 2 aromatic rings. The van der Waals surface area contributed by atoms with Crippen LogP contribution >= 0.6 is 11.3 Å². The molecule has 3 aliphatic rings. The summed E-state index contributed by atoms with van der Waals surface area (Å²) in [6, 6.07) is 0.750. The van der Waals surface area contributed by atoms with Gasteiger partial charge in [-0.25, -0.2) is 9.97 Å². The molecule has 1 unspecified atom stereocenters. The largest absolute Gasteiger partial charge is 0.474 e. The molecule has 0 bridgehead atoms. The first-order chi connectivity index (χ1) is 13.3. The second-order valence-corrected chi connectivity index (χ2v) is 9.31. The third-order valence-corrected chi connectivity index (χ3v) is 7.83. The van der Waals surface area contributed by atoms with Gasteiger partial charge in [0.15, 0.2) is 0 Å². The molecule has 0 aromatic carbocycles. The Balaban J connectivity index is 1.34. The molecule has 5 rings (SSSR count). The van der Waals surface area contributed by atoms with E-state index in [1.54, 1.807) is 17.7 Å². The maximum Gasteiger partial charge on any atom is 0.225 e. The third kappa shape index (κ3) is 3.27. The molecule has 2 aliphatic carbocycles. The predicted molar refractivity (Wildman–Crippen MR) is 107 cm³/mol. The molecule has 1 aliphatic heterocycles. The summed E-state index contributed by atoms with van der Waals surface area (Å²) in [5, 5.41) is 1.09. The number of carbonyl (C=O) groups is 1. The average molecular weight is 386 g/mol. The molecule has 6 heteroatoms. The first-order valence-electron chi connectivity index (χ1n) is 10.4. The minimum atomic E-state index is 0.253. The van der Waals surface area contributed by atoms with Gasteiger partial charge in [-0.15, -0.1) is 11.3 Å². The van der Waals surface area contributed by atoms with Gasteiger partial charge in [-0.3, -0.25) is 0 Å². The van der Waals surface area contributed by atoms with Crippen molar-refractivity contribution in [3.05, 3.63) is 16.8 Å². The van der Waals surface area contributed by atoms with Crippen molar-refractivity contribution < 1.29 is 9.53 Å². The Morgan fingerprint density at radius 1 is 1.15 bits per heavy atom. The Bertz CT molecular complexity index is 822. The lowest BCUT2D eigenvalue weighted by atomic mass is 9.92. The van der Waals surface area contributed by atoms with Gasteiger partial charge >= 0.3 is 0 Å². The maximum atomic E-state index is 11.1. The van der Waals surface area contributed by atoms with Gasteiger partial charge in [0.1, 0.15) is 23.5 Å². The Labute approximate surface area is 164 Å². The van der Waals surface area contributed by atoms with Crippen LogP contribution < -0.4 is 4.74 Å². The zero-order valence-electron chi connectivity index (χ0n) is 15.7. The molecule has 144 valence electrons. The molecule has 0 radical (unpaired) electrons. The molecule has 3 heterocycles. The van der Waals surface area contributed by atoms with E-state index < -0.39 is 0 Å². The summed E-state index contributed by atoms with van der Waals surface area (Å²) in [7, 11) is 0. The molecule has 0 spiro atoms. The zero-order valence-corrected chi connectivity index (χ0v) is 16.5. The molecule has 5 nitrogen and oxygen atoms in total. The van der Waals surface area contributed by atoms with Gasteiger partial charge in [0.25, 0.3) is 0 Å². The molecule has 1 saturated carbocycles. The Morgan fingerprint density at radius 2 is 1.96 bits per heavy atom. The van der Waals surface area contributed by atoms with Crippen LogP contribution in [0.1, 0.15) is 67.7 Å². The number of ether oxygens (including phenoxy) is 1. The van der Waals surface area contributed by atoms with Gasteiger partial charge in [-0.05, 0) is 75.9 Å². The lowest BCUT2D eigenvalue weighted by Gasteiger charge is -2.34. The highest BCUT2D eigenvalue weighted by atomic mass is 32.1. The molecule has 0 amide bonds. The number of aryl methyl sites for hydroxylation is 1. The van der Waals surface area contributed by atoms with E-state index in [1.165, 1.54) is 49.2 Å². The van der Waals surface area contributed by atoms with Crippen LogP contribution in [0.5, 0.6) is 5.88 Å². The van der Waals surface area contributed by atoms with Crippen LogP contribution in [-0.4, -0.2) is 46.4 Å². The third-order valence-electron chi connectivity index (χ3n) is 6.66. The topological polar surface area (TPSA) is 55.3 Å². The monoisotopic (exact) mass is 385 g/mol. The summed E-state index contributed by atoms with van der Waals surface area (Å²) >= 11 is 1.76. The minimum Gasteiger partial charge on any atom is -0.474 e. The number of thiophene rings is 1. The van der Waals surface area contributed by atoms with Crippen molar-refractivity contribution in [1.29, 1.82) is 0 Å². The number of hydrogen-bond acceptors (Lipinski definition) is 6. The van der Waals surface area contributed by atoms with Crippen LogP contribution in [0.3, 0.4) is 0 Å². The molecule has 27 heavy (non-hydrogen) atoms. The second kappa shape index (κ2) is 7.47. The molecule has 1 atom stereocenters. The molecular weight excluding hydrogens is 358 g/mol. The molecule has 1 saturated heterocycles. The fourth-order valence-electron chi connectivity index (χ4n) is 5.27. The highest BCUT2D eigenvalue weighted by molar-refractivity contribution is 7.19. The number of likely N-dealkylation sites (tertiary alicyclic amines) is 1. The van der Waals surface area contributed by atoms with E-state index in [-0.39, 0.29) is 6.10 Å². The van der Waals surface area contributed by atoms with Gasteiger partial charge < -0.3 is 14.4 Å². The van der Waals surface area contributed by atoms with E-state index in [0.717, 1.165) is 54.1 Å². The van der Waals surface area contributed by atoms with Gasteiger partial charge in [0, 0.05) is 17.3 Å². The highest BCUT2D eigenvalue weighted by Gasteiger charge is 2.32. The summed E-state index contributed by atoms with van der Waals surface area (Å²) < 4.78 is 6.44. The smallest absolute Gasteiger partial charge is 0.225 e. The number of nitrogens with zero attached hydrogens (tertiary/aromatic N) is 3. The normalized spacial score (nSPS) is 28.5. The van der Waals surface area contributed by atoms with E-state index in [4.69, 9.17) is 4.74 Å². The highest BCUT2D eigenvalue weighted by Crippen LogP contribution is 2.47. The first kappa shape index (κ1) is 17.6. The van der Waals surface area contributed by atoms with Gasteiger partial charge in [0.2, 0.25) is 5.88 Å². The molecular formula is C21H27N3O2S. The SMILES string of the molecule is O=CCC1CCc2sc3ncnc(OC4CCC(N5CCCC5)CC4)c3c21. The van der Waals surface area contributed by atoms with Crippen molar-refractivity contribution >= 4 is 27.8 Å². The molecule has 2 fully saturated rings. The van der Waals surface area contributed by atoms with Gasteiger partial charge in [-0.2, -0.15) is 0 Å². The van der Waals surface area contributed by atoms with Crippen molar-refractivity contribution in [2.45, 2.75) is 75.9 Å². The van der Waals surface area contributed by atoms with Crippen LogP contribution in [0, 0.1) is 0 Å². The summed E-state index contributed by atoms with van der Waals surface area (Å²) in [5.74, 6) is 1.06. The van der Waals surface area contributed by atoms with Crippen LogP contribution in [0.15, 0.2) is 6.33 Å². The van der Waals surface area contributed by atoms with E-state index >= 15 is 0 Å². The summed E-state index contributed by atoms with van der Waals surface area (Å²) in [4.78, 5) is 25.2. The molecule has 2 aromatic heterocycles. The maximum absolute atomic E-state index is 11.1. The Kier molecular flexibility index (Phi) is 4.86. The summed E-state index contributed by atoms with van der Waals surface area (Å²) in [5.41, 5.74) is 1.29. The number of hydrogen-bond donors (Lipinski definition) is 0. The number of rotatable bonds is 5. The zero-order chi connectivity index (χ0) is 18.2. The van der Waals surface area contributed by atoms with E-state index in [1.807, 2.05) is 0 Å². The van der Waals surface area contributed by atoms with Crippen LogP contribution in [-0.2, 0) is 11.2 Å². The van der Waals surface area contributed by atoms with Gasteiger partial charge in [-0.1, -0.05) is 0 Å². The summed E-state index contributed by atoms with van der Waals surface area (Å²) in [6.07, 6.45) is 13.0. The van der Waals surface area contributed by atoms with Crippen molar-refractivity contribution in [1.82, 2.24) is 14.9 Å². The van der Waals surface area contributed by atoms with Crippen molar-refractivity contribution in [3.63, 3.8) is 0 Å². The summed E-state index contributed by atoms with van der Waals surface area (Å²) in [6.45, 7) is 2.56. The minimum absolute atomic E-state index is 0.253. The lowest BCUT2D eigenvalue weighted by Crippen LogP contribution is -2.38. The Hall–Kier alpha value is -1.53. The van der Waals surface area contributed by atoms with Crippen molar-refractivity contribution in [3.8, 4) is 5.88 Å².